The predicted molar refractivity (Wildman–Crippen MR) is 202 cm³/mol. The number of amides is 3. The lowest BCUT2D eigenvalue weighted by Crippen LogP contribution is -2.50. The van der Waals surface area contributed by atoms with Gasteiger partial charge in [0.15, 0.2) is 0 Å². The summed E-state index contributed by atoms with van der Waals surface area (Å²) in [6.07, 6.45) is 3.06. The molecule has 2 unspecified atom stereocenters. The number of para-hydroxylation sites is 1. The number of hydrazine groups is 1. The Balaban J connectivity index is 1.28. The van der Waals surface area contributed by atoms with Gasteiger partial charge in [0, 0.05) is 23.6 Å². The zero-order valence-corrected chi connectivity index (χ0v) is 31.0. The Morgan fingerprint density at radius 3 is 2.08 bits per heavy atom. The number of rotatable bonds is 25. The molecule has 0 radical (unpaired) electrons. The van der Waals surface area contributed by atoms with Crippen LogP contribution in [0.3, 0.4) is 0 Å². The average Bonchev–Trinajstić information content (AvgIpc) is 3.13. The lowest BCUT2D eigenvalue weighted by molar-refractivity contribution is -0.130. The summed E-state index contributed by atoms with van der Waals surface area (Å²) in [6.45, 7) is 10.1. The molecule has 14 heteroatoms. The van der Waals surface area contributed by atoms with E-state index < -0.39 is 6.04 Å². The Kier molecular flexibility index (Phi) is 19.1. The molecule has 1 heterocycles. The third kappa shape index (κ3) is 13.8. The number of nitrogens with zero attached hydrogens (tertiary/aromatic N) is 2. The number of carbonyl (C=O) groups is 3. The molecule has 0 spiro atoms. The summed E-state index contributed by atoms with van der Waals surface area (Å²) in [7, 11) is 0. The van der Waals surface area contributed by atoms with Gasteiger partial charge in [-0.2, -0.15) is 0 Å². The van der Waals surface area contributed by atoms with Crippen LogP contribution in [-0.2, 0) is 39.9 Å². The molecule has 0 fully saturated rings. The molecule has 0 saturated carbocycles. The monoisotopic (exact) mass is 725 g/mol. The molecule has 0 saturated heterocycles. The number of ether oxygens (including phenoxy) is 4. The van der Waals surface area contributed by atoms with Gasteiger partial charge in [0.05, 0.1) is 83.0 Å². The Hall–Kier alpha value is -4.05. The molecule has 2 atom stereocenters. The molecule has 2 aromatic carbocycles. The third-order valence-electron chi connectivity index (χ3n) is 8.82. The molecule has 14 nitrogen and oxygen atoms in total. The lowest BCUT2D eigenvalue weighted by atomic mass is 9.96. The van der Waals surface area contributed by atoms with E-state index in [4.69, 9.17) is 36.3 Å². The second kappa shape index (κ2) is 23.5. The molecule has 3 amide bonds. The second-order valence-electron chi connectivity index (χ2n) is 13.0. The first kappa shape index (κ1) is 42.4. The number of unbranched alkanes of at least 4 members (excludes halogenated alkanes) is 1. The summed E-state index contributed by atoms with van der Waals surface area (Å²) in [5, 5.41) is 7.40. The fourth-order valence-electron chi connectivity index (χ4n) is 5.51. The number of hydrogen-bond acceptors (Lipinski definition) is 11. The van der Waals surface area contributed by atoms with Crippen molar-refractivity contribution in [3.63, 3.8) is 0 Å². The average molecular weight is 726 g/mol. The molecular formula is C38H59N7O7. The van der Waals surface area contributed by atoms with E-state index >= 15 is 0 Å². The molecule has 2 aromatic rings. The number of anilines is 1. The van der Waals surface area contributed by atoms with Crippen molar-refractivity contribution in [2.24, 2.45) is 23.2 Å². The fourth-order valence-corrected chi connectivity index (χ4v) is 5.51. The van der Waals surface area contributed by atoms with E-state index in [2.05, 4.69) is 10.6 Å². The number of nitrogens with two attached hydrogens (primary N) is 3. The van der Waals surface area contributed by atoms with Gasteiger partial charge in [-0.25, -0.2) is 5.84 Å². The number of hydrogen-bond donors (Lipinski definition) is 5. The van der Waals surface area contributed by atoms with E-state index in [1.807, 2.05) is 69.3 Å². The summed E-state index contributed by atoms with van der Waals surface area (Å²) in [4.78, 5) is 38.9. The highest BCUT2D eigenvalue weighted by Gasteiger charge is 2.25. The highest BCUT2D eigenvalue weighted by Crippen LogP contribution is 2.36. The van der Waals surface area contributed by atoms with Crippen molar-refractivity contribution in [2.45, 2.75) is 65.1 Å². The molecule has 1 aliphatic heterocycles. The van der Waals surface area contributed by atoms with Crippen molar-refractivity contribution in [3.05, 3.63) is 65.2 Å². The standard InChI is InChI=1S/C38H59N7O7/c1-28(2)29(3)42-38(48)33(13-8-9-16-39)43-35(47)15-18-49-20-22-51-24-25-52-23-21-50-19-17-45(41)37-32-12-6-7-14-34(32)44(27-46)26-30-10-4-5-11-31(30)36(37)40/h4-7,10-12,14,27-29,33H,8-9,13,15-26,39-41H2,1-3H3,(H,42,48)(H,43,47)/b37-36-. The molecule has 288 valence electrons. The molecule has 0 aliphatic carbocycles. The van der Waals surface area contributed by atoms with Gasteiger partial charge in [0.1, 0.15) is 6.04 Å². The zero-order valence-electron chi connectivity index (χ0n) is 31.0. The van der Waals surface area contributed by atoms with E-state index in [-0.39, 0.29) is 30.9 Å². The van der Waals surface area contributed by atoms with Gasteiger partial charge in [0.25, 0.3) is 0 Å². The molecule has 0 aromatic heterocycles. The molecule has 3 rings (SSSR count). The van der Waals surface area contributed by atoms with Crippen molar-refractivity contribution in [2.75, 3.05) is 70.8 Å². The largest absolute Gasteiger partial charge is 0.396 e. The number of benzene rings is 2. The van der Waals surface area contributed by atoms with Crippen LogP contribution < -0.4 is 32.8 Å². The third-order valence-corrected chi connectivity index (χ3v) is 8.82. The summed E-state index contributed by atoms with van der Waals surface area (Å²) in [6, 6.07) is 14.7. The quantitative estimate of drug-likeness (QED) is 0.0436. The smallest absolute Gasteiger partial charge is 0.242 e. The molecular weight excluding hydrogens is 666 g/mol. The van der Waals surface area contributed by atoms with Crippen molar-refractivity contribution < 1.29 is 33.3 Å². The van der Waals surface area contributed by atoms with Gasteiger partial charge in [-0.15, -0.1) is 0 Å². The topological polar surface area (TPSA) is 197 Å². The van der Waals surface area contributed by atoms with Crippen LogP contribution in [0.15, 0.2) is 48.5 Å². The van der Waals surface area contributed by atoms with Crippen LogP contribution in [0.2, 0.25) is 0 Å². The zero-order chi connectivity index (χ0) is 37.7. The summed E-state index contributed by atoms with van der Waals surface area (Å²) in [5.74, 6) is 6.44. The number of fused-ring (bicyclic) bond motifs is 2. The Bertz CT molecular complexity index is 1420. The van der Waals surface area contributed by atoms with E-state index in [1.165, 1.54) is 0 Å². The second-order valence-corrected chi connectivity index (χ2v) is 13.0. The minimum Gasteiger partial charge on any atom is -0.396 e. The van der Waals surface area contributed by atoms with Gasteiger partial charge in [-0.1, -0.05) is 56.3 Å². The summed E-state index contributed by atoms with van der Waals surface area (Å²) in [5.41, 5.74) is 16.7. The summed E-state index contributed by atoms with van der Waals surface area (Å²) >= 11 is 0. The van der Waals surface area contributed by atoms with Gasteiger partial charge in [-0.05, 0) is 50.3 Å². The van der Waals surface area contributed by atoms with Crippen LogP contribution in [-0.4, -0.2) is 101 Å². The summed E-state index contributed by atoms with van der Waals surface area (Å²) < 4.78 is 22.5. The van der Waals surface area contributed by atoms with E-state index in [1.54, 1.807) is 9.91 Å². The minimum atomic E-state index is -0.592. The number of carbonyl (C=O) groups excluding carboxylic acids is 3. The van der Waals surface area contributed by atoms with Crippen LogP contribution in [0, 0.1) is 5.92 Å². The first-order valence-corrected chi connectivity index (χ1v) is 18.2. The van der Waals surface area contributed by atoms with E-state index in [9.17, 15) is 14.4 Å². The van der Waals surface area contributed by atoms with Crippen LogP contribution in [0.25, 0.3) is 11.4 Å². The minimum absolute atomic E-state index is 0.00915. The highest BCUT2D eigenvalue weighted by molar-refractivity contribution is 5.96. The maximum absolute atomic E-state index is 12.7. The van der Waals surface area contributed by atoms with Gasteiger partial charge >= 0.3 is 0 Å². The van der Waals surface area contributed by atoms with Crippen LogP contribution in [0.5, 0.6) is 0 Å². The Labute approximate surface area is 308 Å². The van der Waals surface area contributed by atoms with E-state index in [0.29, 0.717) is 89.6 Å². The maximum atomic E-state index is 12.7. The van der Waals surface area contributed by atoms with Crippen LogP contribution in [0.4, 0.5) is 5.69 Å². The lowest BCUT2D eigenvalue weighted by Gasteiger charge is -2.31. The maximum Gasteiger partial charge on any atom is 0.242 e. The van der Waals surface area contributed by atoms with Crippen molar-refractivity contribution in [1.29, 1.82) is 0 Å². The molecule has 1 aliphatic rings. The van der Waals surface area contributed by atoms with Gasteiger partial charge < -0.3 is 51.0 Å². The first-order valence-electron chi connectivity index (χ1n) is 18.2. The first-order chi connectivity index (χ1) is 25.2. The molecule has 52 heavy (non-hydrogen) atoms. The molecule has 8 N–H and O–H groups in total. The van der Waals surface area contributed by atoms with Crippen LogP contribution in [0.1, 0.15) is 63.1 Å². The van der Waals surface area contributed by atoms with Crippen molar-refractivity contribution >= 4 is 35.3 Å². The van der Waals surface area contributed by atoms with E-state index in [0.717, 1.165) is 41.6 Å². The normalized spacial score (nSPS) is 15.2. The van der Waals surface area contributed by atoms with Crippen LogP contribution >= 0.6 is 0 Å². The number of nitrogens with one attached hydrogen (secondary N) is 2. The van der Waals surface area contributed by atoms with Gasteiger partial charge in [-0.3, -0.25) is 14.4 Å². The SMILES string of the molecule is CC(C)C(C)NC(=O)C(CCCCN)NC(=O)CCOCCOCCOCCOCCN(N)/C1=C(\N)c2ccccc2CN(C=O)c2ccccc21. The fraction of sp³-hybridized carbons (Fsp3) is 0.553. The molecule has 0 bridgehead atoms. The van der Waals surface area contributed by atoms with Crippen molar-refractivity contribution in [3.8, 4) is 0 Å². The predicted octanol–water partition coefficient (Wildman–Crippen LogP) is 2.35. The van der Waals surface area contributed by atoms with Crippen molar-refractivity contribution in [1.82, 2.24) is 15.6 Å². The van der Waals surface area contributed by atoms with Gasteiger partial charge in [0.2, 0.25) is 18.2 Å². The Morgan fingerprint density at radius 1 is 0.846 bits per heavy atom. The Morgan fingerprint density at radius 2 is 1.44 bits per heavy atom. The highest BCUT2D eigenvalue weighted by atomic mass is 16.6.